The van der Waals surface area contributed by atoms with Crippen LogP contribution in [0.2, 0.25) is 5.02 Å². The van der Waals surface area contributed by atoms with Crippen molar-refractivity contribution in [3.05, 3.63) is 53.1 Å². The largest absolute Gasteiger partial charge is 0.206 e. The van der Waals surface area contributed by atoms with Gasteiger partial charge in [0.05, 0.1) is 5.56 Å². The SMILES string of the molecule is CC(C)[S+](C)c1ccc(F)c(-c2ccccc2Cl)c1F. The minimum Gasteiger partial charge on any atom is -0.206 e. The van der Waals surface area contributed by atoms with Crippen molar-refractivity contribution in [2.75, 3.05) is 6.26 Å². The van der Waals surface area contributed by atoms with Gasteiger partial charge in [0.2, 0.25) is 0 Å². The Morgan fingerprint density at radius 3 is 2.30 bits per heavy atom. The van der Waals surface area contributed by atoms with Crippen LogP contribution in [-0.4, -0.2) is 11.5 Å². The van der Waals surface area contributed by atoms with E-state index in [4.69, 9.17) is 11.6 Å². The maximum absolute atomic E-state index is 14.7. The van der Waals surface area contributed by atoms with Crippen LogP contribution in [0, 0.1) is 11.6 Å². The lowest BCUT2D eigenvalue weighted by atomic mass is 10.0. The minimum atomic E-state index is -0.583. The molecule has 0 heterocycles. The molecule has 0 spiro atoms. The third kappa shape index (κ3) is 2.84. The van der Waals surface area contributed by atoms with Crippen molar-refractivity contribution in [2.45, 2.75) is 24.0 Å². The highest BCUT2D eigenvalue weighted by atomic mass is 35.5. The normalized spacial score (nSPS) is 12.8. The Morgan fingerprint density at radius 2 is 1.70 bits per heavy atom. The second kappa shape index (κ2) is 6.15. The molecule has 2 rings (SSSR count). The summed E-state index contributed by atoms with van der Waals surface area (Å²) in [4.78, 5) is 0.552. The maximum atomic E-state index is 14.7. The molecule has 0 bridgehead atoms. The molecule has 106 valence electrons. The Kier molecular flexibility index (Phi) is 4.71. The summed E-state index contributed by atoms with van der Waals surface area (Å²) in [6, 6.07) is 9.59. The fraction of sp³-hybridized carbons (Fsp3) is 0.250. The van der Waals surface area contributed by atoms with Gasteiger partial charge in [-0.15, -0.1) is 0 Å². The molecule has 0 N–H and O–H groups in total. The van der Waals surface area contributed by atoms with Gasteiger partial charge in [-0.25, -0.2) is 8.78 Å². The monoisotopic (exact) mass is 313 g/mol. The van der Waals surface area contributed by atoms with E-state index in [1.165, 1.54) is 12.1 Å². The fourth-order valence-corrected chi connectivity index (χ4v) is 3.35. The van der Waals surface area contributed by atoms with Crippen LogP contribution < -0.4 is 0 Å². The second-order valence-corrected chi connectivity index (χ2v) is 7.73. The van der Waals surface area contributed by atoms with Gasteiger partial charge in [0.15, 0.2) is 10.7 Å². The van der Waals surface area contributed by atoms with E-state index in [-0.39, 0.29) is 16.5 Å². The van der Waals surface area contributed by atoms with E-state index in [0.717, 1.165) is 0 Å². The van der Waals surface area contributed by atoms with E-state index < -0.39 is 11.6 Å². The predicted molar refractivity (Wildman–Crippen MR) is 83.5 cm³/mol. The average Bonchev–Trinajstić information content (AvgIpc) is 2.40. The molecule has 1 atom stereocenters. The Bertz CT molecular complexity index is 626. The summed E-state index contributed by atoms with van der Waals surface area (Å²) in [5, 5.41) is 0.650. The van der Waals surface area contributed by atoms with Crippen LogP contribution in [0.25, 0.3) is 11.1 Å². The third-order valence-corrected chi connectivity index (χ3v) is 6.01. The molecule has 0 radical (unpaired) electrons. The van der Waals surface area contributed by atoms with Crippen molar-refractivity contribution in [1.29, 1.82) is 0 Å². The molecule has 0 saturated heterocycles. The van der Waals surface area contributed by atoms with Crippen LogP contribution in [0.15, 0.2) is 41.3 Å². The molecule has 0 aliphatic carbocycles. The lowest BCUT2D eigenvalue weighted by molar-refractivity contribution is 0.571. The summed E-state index contributed by atoms with van der Waals surface area (Å²) in [6.45, 7) is 4.06. The van der Waals surface area contributed by atoms with E-state index >= 15 is 0 Å². The smallest absolute Gasteiger partial charge is 0.191 e. The molecule has 0 aliphatic rings. The van der Waals surface area contributed by atoms with Gasteiger partial charge >= 0.3 is 0 Å². The molecule has 0 saturated carbocycles. The topological polar surface area (TPSA) is 0 Å². The van der Waals surface area contributed by atoms with Gasteiger partial charge in [-0.3, -0.25) is 0 Å². The third-order valence-electron chi connectivity index (χ3n) is 3.25. The first-order valence-electron chi connectivity index (χ1n) is 6.31. The van der Waals surface area contributed by atoms with Gasteiger partial charge in [0, 0.05) is 21.5 Å². The van der Waals surface area contributed by atoms with E-state index in [0.29, 0.717) is 20.7 Å². The van der Waals surface area contributed by atoms with Gasteiger partial charge in [0.25, 0.3) is 0 Å². The summed E-state index contributed by atoms with van der Waals surface area (Å²) in [6.07, 6.45) is 1.97. The lowest BCUT2D eigenvalue weighted by Crippen LogP contribution is -2.15. The van der Waals surface area contributed by atoms with E-state index in [2.05, 4.69) is 0 Å². The van der Waals surface area contributed by atoms with Crippen molar-refractivity contribution in [3.8, 4) is 11.1 Å². The van der Waals surface area contributed by atoms with Gasteiger partial charge in [-0.1, -0.05) is 29.8 Å². The number of halogens is 3. The summed E-state index contributed by atoms with van der Waals surface area (Å²) in [7, 11) is -0.280. The Labute approximate surface area is 126 Å². The van der Waals surface area contributed by atoms with Gasteiger partial charge in [0.1, 0.15) is 17.3 Å². The highest BCUT2D eigenvalue weighted by Crippen LogP contribution is 2.35. The molecular formula is C16H16ClF2S+. The Hall–Kier alpha value is -1.06. The molecule has 0 amide bonds. The molecule has 0 fully saturated rings. The van der Waals surface area contributed by atoms with Gasteiger partial charge in [-0.2, -0.15) is 0 Å². The van der Waals surface area contributed by atoms with Gasteiger partial charge < -0.3 is 0 Å². The number of benzene rings is 2. The van der Waals surface area contributed by atoms with Crippen molar-refractivity contribution >= 4 is 22.5 Å². The highest BCUT2D eigenvalue weighted by molar-refractivity contribution is 7.96. The first kappa shape index (κ1) is 15.3. The zero-order valence-electron chi connectivity index (χ0n) is 11.6. The molecule has 2 aromatic rings. The maximum Gasteiger partial charge on any atom is 0.191 e. The van der Waals surface area contributed by atoms with Crippen LogP contribution >= 0.6 is 11.6 Å². The number of hydrogen-bond acceptors (Lipinski definition) is 0. The lowest BCUT2D eigenvalue weighted by Gasteiger charge is -2.12. The quantitative estimate of drug-likeness (QED) is 0.674. The fourth-order valence-electron chi connectivity index (χ4n) is 1.95. The minimum absolute atomic E-state index is 0.0342. The van der Waals surface area contributed by atoms with Crippen LogP contribution in [-0.2, 0) is 10.9 Å². The molecule has 1 unspecified atom stereocenters. The van der Waals surface area contributed by atoms with Crippen LogP contribution in [0.4, 0.5) is 8.78 Å². The zero-order chi connectivity index (χ0) is 14.9. The van der Waals surface area contributed by atoms with E-state index in [9.17, 15) is 8.78 Å². The predicted octanol–water partition coefficient (Wildman–Crippen LogP) is 5.30. The van der Waals surface area contributed by atoms with Crippen molar-refractivity contribution in [1.82, 2.24) is 0 Å². The molecule has 0 aliphatic heterocycles. The van der Waals surface area contributed by atoms with E-state index in [1.807, 2.05) is 20.1 Å². The number of hydrogen-bond donors (Lipinski definition) is 0. The van der Waals surface area contributed by atoms with Crippen LogP contribution in [0.1, 0.15) is 13.8 Å². The van der Waals surface area contributed by atoms with Crippen molar-refractivity contribution < 1.29 is 8.78 Å². The molecule has 20 heavy (non-hydrogen) atoms. The Balaban J connectivity index is 2.65. The van der Waals surface area contributed by atoms with Gasteiger partial charge in [-0.05, 0) is 32.0 Å². The molecule has 4 heteroatoms. The number of rotatable bonds is 3. The summed E-state index contributed by atoms with van der Waals surface area (Å²) < 4.78 is 28.8. The molecule has 2 aromatic carbocycles. The zero-order valence-corrected chi connectivity index (χ0v) is 13.2. The summed E-state index contributed by atoms with van der Waals surface area (Å²) in [5.74, 6) is -1.09. The summed E-state index contributed by atoms with van der Waals surface area (Å²) in [5.41, 5.74) is 0.361. The molecule has 0 nitrogen and oxygen atoms in total. The van der Waals surface area contributed by atoms with E-state index in [1.54, 1.807) is 24.3 Å². The second-order valence-electron chi connectivity index (χ2n) is 4.82. The first-order chi connectivity index (χ1) is 9.43. The summed E-state index contributed by atoms with van der Waals surface area (Å²) >= 11 is 6.07. The highest BCUT2D eigenvalue weighted by Gasteiger charge is 2.28. The van der Waals surface area contributed by atoms with Crippen LogP contribution in [0.5, 0.6) is 0 Å². The van der Waals surface area contributed by atoms with Crippen molar-refractivity contribution in [3.63, 3.8) is 0 Å². The average molecular weight is 314 g/mol. The Morgan fingerprint density at radius 1 is 1.05 bits per heavy atom. The van der Waals surface area contributed by atoms with Crippen LogP contribution in [0.3, 0.4) is 0 Å². The molecule has 0 aromatic heterocycles. The first-order valence-corrected chi connectivity index (χ1v) is 8.38. The van der Waals surface area contributed by atoms with Crippen molar-refractivity contribution in [2.24, 2.45) is 0 Å². The standard InChI is InChI=1S/C16H16ClF2S/c1-10(2)20(3)14-9-8-13(18)15(16(14)19)11-6-4-5-7-12(11)17/h4-10H,1-3H3/q+1. The molecular weight excluding hydrogens is 298 g/mol.